The molecule has 0 aromatic heterocycles. The highest BCUT2D eigenvalue weighted by molar-refractivity contribution is 5.42. The predicted octanol–water partition coefficient (Wildman–Crippen LogP) is 7.50. The van der Waals surface area contributed by atoms with Crippen LogP contribution in [0.25, 0.3) is 0 Å². The minimum Gasteiger partial charge on any atom is -0.205 e. The van der Waals surface area contributed by atoms with Crippen molar-refractivity contribution in [1.82, 2.24) is 0 Å². The Morgan fingerprint density at radius 3 is 2.29 bits per heavy atom. The molecule has 0 amide bonds. The predicted molar refractivity (Wildman–Crippen MR) is 110 cm³/mol. The Bertz CT molecular complexity index is 683. The number of halogens is 2. The van der Waals surface area contributed by atoms with Crippen LogP contribution >= 0.6 is 0 Å². The zero-order valence-corrected chi connectivity index (χ0v) is 17.4. The van der Waals surface area contributed by atoms with E-state index >= 15 is 0 Å². The molecule has 0 spiro atoms. The fourth-order valence-corrected chi connectivity index (χ4v) is 5.41. The molecule has 2 aliphatic carbocycles. The maximum atomic E-state index is 14.3. The van der Waals surface area contributed by atoms with Gasteiger partial charge in [-0.15, -0.1) is 0 Å². The fourth-order valence-electron chi connectivity index (χ4n) is 5.41. The molecular weight excluding hydrogens is 352 g/mol. The quantitative estimate of drug-likeness (QED) is 0.424. The fraction of sp³-hybridized carbons (Fsp3) is 0.720. The van der Waals surface area contributed by atoms with Gasteiger partial charge in [-0.25, -0.2) is 8.78 Å². The summed E-state index contributed by atoms with van der Waals surface area (Å²) in [6.45, 7) is 2.27. The molecule has 154 valence electrons. The smallest absolute Gasteiger partial charge is 0.147 e. The highest BCUT2D eigenvalue weighted by Gasteiger charge is 2.27. The van der Waals surface area contributed by atoms with Crippen LogP contribution in [0.4, 0.5) is 8.78 Å². The first-order chi connectivity index (χ1) is 13.6. The summed E-state index contributed by atoms with van der Waals surface area (Å²) in [5.41, 5.74) is 0.961. The van der Waals surface area contributed by atoms with Gasteiger partial charge >= 0.3 is 0 Å². The second-order valence-electron chi connectivity index (χ2n) is 9.22. The second kappa shape index (κ2) is 10.4. The van der Waals surface area contributed by atoms with E-state index in [1.54, 1.807) is 6.07 Å². The van der Waals surface area contributed by atoms with Crippen LogP contribution in [0, 0.1) is 40.7 Å². The van der Waals surface area contributed by atoms with E-state index < -0.39 is 17.2 Å². The molecule has 3 rings (SSSR count). The Balaban J connectivity index is 1.42. The van der Waals surface area contributed by atoms with E-state index in [0.717, 1.165) is 30.2 Å². The Morgan fingerprint density at radius 2 is 1.61 bits per heavy atom. The van der Waals surface area contributed by atoms with E-state index in [1.807, 2.05) is 0 Å². The Labute approximate surface area is 169 Å². The number of nitriles is 1. The van der Waals surface area contributed by atoms with E-state index in [9.17, 15) is 8.78 Å². The van der Waals surface area contributed by atoms with Gasteiger partial charge in [-0.3, -0.25) is 0 Å². The van der Waals surface area contributed by atoms with Gasteiger partial charge in [0.05, 0.1) is 0 Å². The largest absolute Gasteiger partial charge is 0.205 e. The van der Waals surface area contributed by atoms with E-state index in [1.165, 1.54) is 76.7 Å². The highest BCUT2D eigenvalue weighted by Crippen LogP contribution is 2.37. The molecule has 1 atom stereocenters. The third-order valence-corrected chi connectivity index (χ3v) is 7.25. The summed E-state index contributed by atoms with van der Waals surface area (Å²) in [5, 5.41) is 8.94. The molecule has 0 bridgehead atoms. The van der Waals surface area contributed by atoms with Gasteiger partial charge < -0.3 is 0 Å². The average Bonchev–Trinajstić information content (AvgIpc) is 2.70. The summed E-state index contributed by atoms with van der Waals surface area (Å²) in [6.07, 6.45) is 17.3. The van der Waals surface area contributed by atoms with Gasteiger partial charge in [0.2, 0.25) is 0 Å². The minimum atomic E-state index is -0.698. The maximum Gasteiger partial charge on any atom is 0.147 e. The molecule has 1 saturated carbocycles. The second-order valence-corrected chi connectivity index (χ2v) is 9.22. The zero-order valence-electron chi connectivity index (χ0n) is 17.4. The molecule has 0 aliphatic heterocycles. The first kappa shape index (κ1) is 21.3. The Morgan fingerprint density at radius 1 is 0.929 bits per heavy atom. The SMILES string of the molecule is CCCCCCC1CCC(CCC2CCc3c(cc(F)c(C#N)c3F)C2)CC1. The van der Waals surface area contributed by atoms with Crippen molar-refractivity contribution in [3.05, 3.63) is 34.4 Å². The molecule has 1 aromatic carbocycles. The normalized spacial score (nSPS) is 24.6. The summed E-state index contributed by atoms with van der Waals surface area (Å²) in [5.74, 6) is 1.02. The van der Waals surface area contributed by atoms with Crippen LogP contribution in [0.2, 0.25) is 0 Å². The molecule has 1 unspecified atom stereocenters. The van der Waals surface area contributed by atoms with E-state index in [4.69, 9.17) is 5.26 Å². The number of hydrogen-bond donors (Lipinski definition) is 0. The molecule has 0 heterocycles. The van der Waals surface area contributed by atoms with E-state index in [0.29, 0.717) is 17.9 Å². The van der Waals surface area contributed by atoms with Crippen molar-refractivity contribution in [2.75, 3.05) is 0 Å². The van der Waals surface area contributed by atoms with Crippen LogP contribution in [0.1, 0.15) is 101 Å². The van der Waals surface area contributed by atoms with E-state index in [2.05, 4.69) is 6.92 Å². The van der Waals surface area contributed by atoms with Crippen molar-refractivity contribution in [1.29, 1.82) is 5.26 Å². The number of hydrogen-bond acceptors (Lipinski definition) is 1. The van der Waals surface area contributed by atoms with Crippen LogP contribution < -0.4 is 0 Å². The number of benzene rings is 1. The van der Waals surface area contributed by atoms with Crippen molar-refractivity contribution in [2.45, 2.75) is 96.8 Å². The van der Waals surface area contributed by atoms with Crippen molar-refractivity contribution < 1.29 is 8.78 Å². The highest BCUT2D eigenvalue weighted by atomic mass is 19.1. The number of fused-ring (bicyclic) bond motifs is 1. The molecule has 2 aliphatic rings. The van der Waals surface area contributed by atoms with Crippen LogP contribution in [0.15, 0.2) is 6.07 Å². The van der Waals surface area contributed by atoms with Crippen molar-refractivity contribution >= 4 is 0 Å². The lowest BCUT2D eigenvalue weighted by molar-refractivity contribution is 0.233. The van der Waals surface area contributed by atoms with Crippen molar-refractivity contribution in [3.63, 3.8) is 0 Å². The van der Waals surface area contributed by atoms with Crippen LogP contribution in [0.5, 0.6) is 0 Å². The maximum absolute atomic E-state index is 14.3. The zero-order chi connectivity index (χ0) is 19.9. The van der Waals surface area contributed by atoms with Crippen LogP contribution in [-0.2, 0) is 12.8 Å². The van der Waals surface area contributed by atoms with Gasteiger partial charge in [0, 0.05) is 0 Å². The van der Waals surface area contributed by atoms with Crippen molar-refractivity contribution in [3.8, 4) is 6.07 Å². The summed E-state index contributed by atoms with van der Waals surface area (Å²) in [4.78, 5) is 0. The van der Waals surface area contributed by atoms with Gasteiger partial charge in [0.1, 0.15) is 23.3 Å². The van der Waals surface area contributed by atoms with Crippen LogP contribution in [0.3, 0.4) is 0 Å². The third kappa shape index (κ3) is 5.34. The lowest BCUT2D eigenvalue weighted by Gasteiger charge is -2.31. The number of nitrogens with zero attached hydrogens (tertiary/aromatic N) is 1. The van der Waals surface area contributed by atoms with Gasteiger partial charge in [-0.1, -0.05) is 71.1 Å². The first-order valence-corrected chi connectivity index (χ1v) is 11.5. The lowest BCUT2D eigenvalue weighted by Crippen LogP contribution is -2.19. The van der Waals surface area contributed by atoms with Crippen LogP contribution in [-0.4, -0.2) is 0 Å². The monoisotopic (exact) mass is 387 g/mol. The molecule has 1 nitrogen and oxygen atoms in total. The number of rotatable bonds is 8. The molecule has 3 heteroatoms. The molecule has 0 radical (unpaired) electrons. The topological polar surface area (TPSA) is 23.8 Å². The molecule has 1 fully saturated rings. The average molecular weight is 388 g/mol. The van der Waals surface area contributed by atoms with Gasteiger partial charge in [-0.2, -0.15) is 5.26 Å². The molecular formula is C25H35F2N. The Hall–Kier alpha value is -1.43. The standard InChI is InChI=1S/C25H35F2N/c1-2-3-4-5-6-18-7-9-19(10-8-18)11-12-20-13-14-22-21(15-20)16-24(26)23(17-28)25(22)27/h16,18-20H,2-15H2,1H3. The molecule has 1 aromatic rings. The van der Waals surface area contributed by atoms with E-state index in [-0.39, 0.29) is 0 Å². The number of unbranched alkanes of at least 4 members (excludes halogenated alkanes) is 3. The lowest BCUT2D eigenvalue weighted by atomic mass is 9.75. The summed E-state index contributed by atoms with van der Waals surface area (Å²) in [6, 6.07) is 3.07. The van der Waals surface area contributed by atoms with Gasteiger partial charge in [0.15, 0.2) is 0 Å². The summed E-state index contributed by atoms with van der Waals surface area (Å²) >= 11 is 0. The van der Waals surface area contributed by atoms with Gasteiger partial charge in [-0.05, 0) is 60.6 Å². The summed E-state index contributed by atoms with van der Waals surface area (Å²) in [7, 11) is 0. The third-order valence-electron chi connectivity index (χ3n) is 7.25. The molecule has 0 saturated heterocycles. The Kier molecular flexibility index (Phi) is 7.89. The van der Waals surface area contributed by atoms with Crippen molar-refractivity contribution in [2.24, 2.45) is 17.8 Å². The molecule has 28 heavy (non-hydrogen) atoms. The molecule has 0 N–H and O–H groups in total. The first-order valence-electron chi connectivity index (χ1n) is 11.5. The van der Waals surface area contributed by atoms with Gasteiger partial charge in [0.25, 0.3) is 0 Å². The minimum absolute atomic E-state index is 0.413. The summed E-state index contributed by atoms with van der Waals surface area (Å²) < 4.78 is 28.3.